The maximum Gasteiger partial charge on any atom is 0.267 e. The van der Waals surface area contributed by atoms with Crippen molar-refractivity contribution in [2.24, 2.45) is 5.73 Å². The number of amides is 2. The van der Waals surface area contributed by atoms with Gasteiger partial charge in [-0.15, -0.1) is 0 Å². The molecule has 0 bridgehead atoms. The van der Waals surface area contributed by atoms with Crippen molar-refractivity contribution in [3.05, 3.63) is 41.5 Å². The second-order valence-corrected chi connectivity index (χ2v) is 3.74. The molecular weight excluding hydrogens is 234 g/mol. The molecule has 2 aromatic heterocycles. The zero-order valence-corrected chi connectivity index (χ0v) is 9.56. The molecule has 2 rings (SSSR count). The molecule has 0 atom stereocenters. The van der Waals surface area contributed by atoms with Crippen molar-refractivity contribution in [1.29, 1.82) is 0 Å². The average molecular weight is 247 g/mol. The number of carbonyl (C=O) groups is 2. The molecule has 0 saturated carbocycles. The number of nitrogens with one attached hydrogen (secondary N) is 3. The van der Waals surface area contributed by atoms with Crippen LogP contribution in [0.3, 0.4) is 0 Å². The number of rotatable bonds is 5. The van der Waals surface area contributed by atoms with Crippen LogP contribution < -0.4 is 11.1 Å². The van der Waals surface area contributed by atoms with Crippen LogP contribution in [0.1, 0.15) is 26.7 Å². The van der Waals surface area contributed by atoms with Gasteiger partial charge < -0.3 is 16.0 Å². The van der Waals surface area contributed by atoms with Crippen molar-refractivity contribution in [1.82, 2.24) is 20.5 Å². The molecule has 0 saturated heterocycles. The Labute approximate surface area is 103 Å². The molecule has 0 radical (unpaired) electrons. The van der Waals surface area contributed by atoms with Gasteiger partial charge in [-0.1, -0.05) is 0 Å². The van der Waals surface area contributed by atoms with Gasteiger partial charge in [-0.25, -0.2) is 0 Å². The van der Waals surface area contributed by atoms with Crippen LogP contribution in [-0.4, -0.2) is 33.5 Å². The van der Waals surface area contributed by atoms with E-state index < -0.39 is 5.91 Å². The standard InChI is InChI=1S/C11H13N5O2/c12-10(17)8-1-2-9(15-8)11(18)13-5-3-7-4-6-14-16-7/h1-2,4,6,15H,3,5H2,(H2,12,17)(H,13,18)(H,14,16). The van der Waals surface area contributed by atoms with E-state index >= 15 is 0 Å². The van der Waals surface area contributed by atoms with Crippen molar-refractivity contribution in [3.8, 4) is 0 Å². The molecule has 0 aliphatic heterocycles. The van der Waals surface area contributed by atoms with Crippen molar-refractivity contribution in [3.63, 3.8) is 0 Å². The Morgan fingerprint density at radius 1 is 1.28 bits per heavy atom. The van der Waals surface area contributed by atoms with E-state index in [9.17, 15) is 9.59 Å². The van der Waals surface area contributed by atoms with Crippen LogP contribution in [0.4, 0.5) is 0 Å². The molecule has 0 aliphatic rings. The highest BCUT2D eigenvalue weighted by molar-refractivity contribution is 5.96. The molecule has 7 nitrogen and oxygen atoms in total. The Morgan fingerprint density at radius 3 is 2.67 bits per heavy atom. The number of hydrogen-bond donors (Lipinski definition) is 4. The number of aromatic amines is 2. The number of nitrogens with zero attached hydrogens (tertiary/aromatic N) is 1. The van der Waals surface area contributed by atoms with E-state index in [2.05, 4.69) is 20.5 Å². The van der Waals surface area contributed by atoms with Gasteiger partial charge >= 0.3 is 0 Å². The van der Waals surface area contributed by atoms with Crippen LogP contribution in [0.5, 0.6) is 0 Å². The van der Waals surface area contributed by atoms with E-state index in [-0.39, 0.29) is 11.6 Å². The summed E-state index contributed by atoms with van der Waals surface area (Å²) >= 11 is 0. The minimum atomic E-state index is -0.591. The summed E-state index contributed by atoms with van der Waals surface area (Å²) in [5, 5.41) is 9.32. The van der Waals surface area contributed by atoms with Crippen molar-refractivity contribution < 1.29 is 9.59 Å². The number of carbonyl (C=O) groups excluding carboxylic acids is 2. The minimum absolute atomic E-state index is 0.216. The first-order chi connectivity index (χ1) is 8.66. The number of nitrogens with two attached hydrogens (primary N) is 1. The summed E-state index contributed by atoms with van der Waals surface area (Å²) < 4.78 is 0. The molecule has 0 fully saturated rings. The fourth-order valence-corrected chi connectivity index (χ4v) is 1.50. The van der Waals surface area contributed by atoms with Crippen LogP contribution in [0, 0.1) is 0 Å². The van der Waals surface area contributed by atoms with Crippen LogP contribution >= 0.6 is 0 Å². The zero-order chi connectivity index (χ0) is 13.0. The van der Waals surface area contributed by atoms with Crippen LogP contribution in [0.15, 0.2) is 24.4 Å². The maximum absolute atomic E-state index is 11.7. The summed E-state index contributed by atoms with van der Waals surface area (Å²) in [5.41, 5.74) is 6.55. The average Bonchev–Trinajstić information content (AvgIpc) is 2.99. The molecule has 2 aromatic rings. The highest BCUT2D eigenvalue weighted by atomic mass is 16.2. The van der Waals surface area contributed by atoms with Gasteiger partial charge in [-0.2, -0.15) is 5.10 Å². The lowest BCUT2D eigenvalue weighted by molar-refractivity contribution is 0.0949. The van der Waals surface area contributed by atoms with E-state index in [1.807, 2.05) is 6.07 Å². The molecule has 18 heavy (non-hydrogen) atoms. The van der Waals surface area contributed by atoms with Crippen LogP contribution in [0.25, 0.3) is 0 Å². The van der Waals surface area contributed by atoms with E-state index in [4.69, 9.17) is 5.73 Å². The predicted octanol–water partition coefficient (Wildman–Crippen LogP) is -0.191. The topological polar surface area (TPSA) is 117 Å². The van der Waals surface area contributed by atoms with E-state index in [0.29, 0.717) is 18.7 Å². The third kappa shape index (κ3) is 2.76. The lowest BCUT2D eigenvalue weighted by Crippen LogP contribution is -2.26. The summed E-state index contributed by atoms with van der Waals surface area (Å²) in [7, 11) is 0. The number of aromatic nitrogens is 3. The third-order valence-corrected chi connectivity index (χ3v) is 2.43. The molecule has 5 N–H and O–H groups in total. The summed E-state index contributed by atoms with van der Waals surface area (Å²) in [6.07, 6.45) is 2.32. The van der Waals surface area contributed by atoms with Crippen molar-refractivity contribution in [2.45, 2.75) is 6.42 Å². The van der Waals surface area contributed by atoms with Crippen LogP contribution in [0.2, 0.25) is 0 Å². The summed E-state index contributed by atoms with van der Waals surface area (Å²) in [6.45, 7) is 0.478. The molecule has 0 aliphatic carbocycles. The van der Waals surface area contributed by atoms with Gasteiger partial charge in [0.1, 0.15) is 11.4 Å². The lowest BCUT2D eigenvalue weighted by atomic mass is 10.3. The molecule has 0 unspecified atom stereocenters. The normalized spacial score (nSPS) is 10.2. The maximum atomic E-state index is 11.7. The van der Waals surface area contributed by atoms with Gasteiger partial charge in [-0.05, 0) is 18.2 Å². The monoisotopic (exact) mass is 247 g/mol. The second-order valence-electron chi connectivity index (χ2n) is 3.74. The first-order valence-electron chi connectivity index (χ1n) is 5.42. The van der Waals surface area contributed by atoms with Crippen molar-refractivity contribution in [2.75, 3.05) is 6.54 Å². The Hall–Kier alpha value is -2.57. The summed E-state index contributed by atoms with van der Waals surface area (Å²) in [4.78, 5) is 25.2. The fourth-order valence-electron chi connectivity index (χ4n) is 1.50. The van der Waals surface area contributed by atoms with Gasteiger partial charge in [-0.3, -0.25) is 14.7 Å². The number of H-pyrrole nitrogens is 2. The Bertz CT molecular complexity index is 544. The molecule has 2 heterocycles. The molecule has 0 aromatic carbocycles. The Morgan fingerprint density at radius 2 is 2.06 bits per heavy atom. The first kappa shape index (κ1) is 11.9. The first-order valence-corrected chi connectivity index (χ1v) is 5.42. The fraction of sp³-hybridized carbons (Fsp3) is 0.182. The molecule has 7 heteroatoms. The number of primary amides is 1. The van der Waals surface area contributed by atoms with E-state index in [1.54, 1.807) is 6.20 Å². The summed E-state index contributed by atoms with van der Waals surface area (Å²) in [5.74, 6) is -0.867. The highest BCUT2D eigenvalue weighted by Gasteiger charge is 2.10. The smallest absolute Gasteiger partial charge is 0.267 e. The molecule has 94 valence electrons. The highest BCUT2D eigenvalue weighted by Crippen LogP contribution is 2.01. The molecular formula is C11H13N5O2. The van der Waals surface area contributed by atoms with Crippen LogP contribution in [-0.2, 0) is 6.42 Å². The Kier molecular flexibility index (Phi) is 3.42. The van der Waals surface area contributed by atoms with Gasteiger partial charge in [0.15, 0.2) is 0 Å². The van der Waals surface area contributed by atoms with Gasteiger partial charge in [0.05, 0.1) is 0 Å². The Balaban J connectivity index is 1.85. The minimum Gasteiger partial charge on any atom is -0.364 e. The molecule has 0 spiro atoms. The molecule has 2 amide bonds. The van der Waals surface area contributed by atoms with Gasteiger partial charge in [0.2, 0.25) is 0 Å². The summed E-state index contributed by atoms with van der Waals surface area (Å²) in [6, 6.07) is 4.84. The third-order valence-electron chi connectivity index (χ3n) is 2.43. The quantitative estimate of drug-likeness (QED) is 0.586. The largest absolute Gasteiger partial charge is 0.364 e. The number of hydrogen-bond acceptors (Lipinski definition) is 3. The van der Waals surface area contributed by atoms with Gasteiger partial charge in [0.25, 0.3) is 11.8 Å². The predicted molar refractivity (Wildman–Crippen MR) is 63.9 cm³/mol. The van der Waals surface area contributed by atoms with E-state index in [0.717, 1.165) is 5.69 Å². The lowest BCUT2D eigenvalue weighted by Gasteiger charge is -2.02. The zero-order valence-electron chi connectivity index (χ0n) is 9.56. The van der Waals surface area contributed by atoms with E-state index in [1.165, 1.54) is 12.1 Å². The second kappa shape index (κ2) is 5.17. The SMILES string of the molecule is NC(=O)c1ccc(C(=O)NCCc2ccn[nH]2)[nH]1. The van der Waals surface area contributed by atoms with Gasteiger partial charge in [0, 0.05) is 24.9 Å². The van der Waals surface area contributed by atoms with Crippen molar-refractivity contribution >= 4 is 11.8 Å².